The van der Waals surface area contributed by atoms with Gasteiger partial charge in [0.15, 0.2) is 21.3 Å². The Hall–Kier alpha value is -2.80. The van der Waals surface area contributed by atoms with Crippen LogP contribution in [0.5, 0.6) is 11.5 Å². The number of para-hydroxylation sites is 1. The highest BCUT2D eigenvalue weighted by molar-refractivity contribution is 7.90. The molecule has 138 valence electrons. The molecule has 0 spiro atoms. The molecule has 0 saturated heterocycles. The van der Waals surface area contributed by atoms with Crippen LogP contribution in [0.2, 0.25) is 0 Å². The normalized spacial score (nSPS) is 11.4. The molecule has 0 radical (unpaired) electrons. The van der Waals surface area contributed by atoms with Crippen LogP contribution in [-0.4, -0.2) is 34.8 Å². The first-order valence-corrected chi connectivity index (χ1v) is 9.66. The Morgan fingerprint density at radius 3 is 2.46 bits per heavy atom. The summed E-state index contributed by atoms with van der Waals surface area (Å²) in [5.74, 6) is 0.699. The molecular weight excluding hydrogens is 354 g/mol. The zero-order chi connectivity index (χ0) is 19.3. The number of aryl methyl sites for hydroxylation is 1. The number of carbonyl (C=O) groups excluding carboxylic acids is 1. The topological polar surface area (TPSA) is 81.7 Å². The molecule has 0 unspecified atom stereocenters. The van der Waals surface area contributed by atoms with Crippen LogP contribution in [0.4, 0.5) is 5.69 Å². The van der Waals surface area contributed by atoms with Gasteiger partial charge in [-0.3, -0.25) is 4.79 Å². The van der Waals surface area contributed by atoms with E-state index in [-0.39, 0.29) is 10.8 Å². The molecular formula is C19H21NO5S. The summed E-state index contributed by atoms with van der Waals surface area (Å²) in [6.45, 7) is 1.79. The van der Waals surface area contributed by atoms with Gasteiger partial charge in [-0.25, -0.2) is 8.42 Å². The van der Waals surface area contributed by atoms with Crippen LogP contribution in [0.25, 0.3) is 6.08 Å². The Morgan fingerprint density at radius 2 is 1.85 bits per heavy atom. The lowest BCUT2D eigenvalue weighted by molar-refractivity contribution is -0.111. The fraction of sp³-hybridized carbons (Fsp3) is 0.211. The molecule has 1 amide bonds. The third kappa shape index (κ3) is 4.64. The summed E-state index contributed by atoms with van der Waals surface area (Å²) in [6.07, 6.45) is 4.08. The molecule has 0 fully saturated rings. The van der Waals surface area contributed by atoms with Crippen molar-refractivity contribution < 1.29 is 22.7 Å². The summed E-state index contributed by atoms with van der Waals surface area (Å²) >= 11 is 0. The van der Waals surface area contributed by atoms with Crippen molar-refractivity contribution in [2.45, 2.75) is 11.8 Å². The van der Waals surface area contributed by atoms with Crippen LogP contribution < -0.4 is 14.8 Å². The van der Waals surface area contributed by atoms with E-state index in [4.69, 9.17) is 9.47 Å². The third-order valence-corrected chi connectivity index (χ3v) is 4.85. The molecule has 0 heterocycles. The molecule has 2 aromatic carbocycles. The maximum Gasteiger partial charge on any atom is 0.248 e. The van der Waals surface area contributed by atoms with E-state index in [1.807, 2.05) is 0 Å². The SMILES string of the molecule is COc1cccc(/C=C/C(=O)Nc2cc(S(C)(=O)=O)ccc2C)c1OC. The zero-order valence-electron chi connectivity index (χ0n) is 15.1. The van der Waals surface area contributed by atoms with Crippen molar-refractivity contribution in [3.05, 3.63) is 53.6 Å². The van der Waals surface area contributed by atoms with Crippen molar-refractivity contribution in [1.29, 1.82) is 0 Å². The molecule has 0 aromatic heterocycles. The number of nitrogens with one attached hydrogen (secondary N) is 1. The van der Waals surface area contributed by atoms with Gasteiger partial charge in [0.25, 0.3) is 0 Å². The van der Waals surface area contributed by atoms with Gasteiger partial charge in [0, 0.05) is 23.6 Å². The van der Waals surface area contributed by atoms with Gasteiger partial charge in [0.05, 0.1) is 19.1 Å². The van der Waals surface area contributed by atoms with Crippen molar-refractivity contribution >= 4 is 27.5 Å². The Bertz CT molecular complexity index is 948. The molecule has 0 aliphatic carbocycles. The number of hydrogen-bond donors (Lipinski definition) is 1. The number of amides is 1. The summed E-state index contributed by atoms with van der Waals surface area (Å²) in [6, 6.07) is 9.95. The van der Waals surface area contributed by atoms with Crippen molar-refractivity contribution in [2.24, 2.45) is 0 Å². The molecule has 0 bridgehead atoms. The lowest BCUT2D eigenvalue weighted by Crippen LogP contribution is -2.10. The van der Waals surface area contributed by atoms with Crippen LogP contribution in [-0.2, 0) is 14.6 Å². The smallest absolute Gasteiger partial charge is 0.248 e. The van der Waals surface area contributed by atoms with Gasteiger partial charge in [-0.15, -0.1) is 0 Å². The van der Waals surface area contributed by atoms with Crippen molar-refractivity contribution in [3.8, 4) is 11.5 Å². The number of methoxy groups -OCH3 is 2. The molecule has 0 saturated carbocycles. The number of carbonyl (C=O) groups is 1. The largest absolute Gasteiger partial charge is 0.493 e. The Kier molecular flexibility index (Phi) is 6.05. The molecule has 1 N–H and O–H groups in total. The second kappa shape index (κ2) is 8.05. The number of rotatable bonds is 6. The van der Waals surface area contributed by atoms with E-state index in [0.717, 1.165) is 11.8 Å². The van der Waals surface area contributed by atoms with Gasteiger partial charge in [0.2, 0.25) is 5.91 Å². The average molecular weight is 375 g/mol. The maximum atomic E-state index is 12.2. The van der Waals surface area contributed by atoms with Gasteiger partial charge >= 0.3 is 0 Å². The molecule has 7 heteroatoms. The lowest BCUT2D eigenvalue weighted by atomic mass is 10.1. The van der Waals surface area contributed by atoms with E-state index in [1.54, 1.807) is 37.3 Å². The summed E-state index contributed by atoms with van der Waals surface area (Å²) in [7, 11) is -0.289. The third-order valence-electron chi connectivity index (χ3n) is 3.74. The second-order valence-corrected chi connectivity index (χ2v) is 7.67. The van der Waals surface area contributed by atoms with Gasteiger partial charge in [0.1, 0.15) is 0 Å². The molecule has 26 heavy (non-hydrogen) atoms. The van der Waals surface area contributed by atoms with Crippen LogP contribution in [0.15, 0.2) is 47.4 Å². The number of sulfone groups is 1. The highest BCUT2D eigenvalue weighted by Gasteiger charge is 2.11. The molecule has 0 aliphatic heterocycles. The molecule has 2 rings (SSSR count). The number of hydrogen-bond acceptors (Lipinski definition) is 5. The van der Waals surface area contributed by atoms with E-state index >= 15 is 0 Å². The van der Waals surface area contributed by atoms with Crippen LogP contribution in [0.3, 0.4) is 0 Å². The van der Waals surface area contributed by atoms with E-state index in [2.05, 4.69) is 5.32 Å². The number of benzene rings is 2. The second-order valence-electron chi connectivity index (χ2n) is 5.65. The molecule has 0 atom stereocenters. The lowest BCUT2D eigenvalue weighted by Gasteiger charge is -2.10. The average Bonchev–Trinajstić information content (AvgIpc) is 2.60. The minimum absolute atomic E-state index is 0.150. The van der Waals surface area contributed by atoms with E-state index in [0.29, 0.717) is 22.7 Å². The first-order valence-electron chi connectivity index (χ1n) is 7.77. The number of anilines is 1. The predicted octanol–water partition coefficient (Wildman–Crippen LogP) is 3.07. The van der Waals surface area contributed by atoms with Gasteiger partial charge < -0.3 is 14.8 Å². The van der Waals surface area contributed by atoms with Crippen molar-refractivity contribution in [2.75, 3.05) is 25.8 Å². The summed E-state index contributed by atoms with van der Waals surface area (Å²) < 4.78 is 33.9. The minimum atomic E-state index is -3.35. The monoisotopic (exact) mass is 375 g/mol. The summed E-state index contributed by atoms with van der Waals surface area (Å²) in [5, 5.41) is 2.70. The molecule has 2 aromatic rings. The minimum Gasteiger partial charge on any atom is -0.493 e. The van der Waals surface area contributed by atoms with E-state index < -0.39 is 9.84 Å². The van der Waals surface area contributed by atoms with Gasteiger partial charge in [-0.2, -0.15) is 0 Å². The Labute approximate surface area is 153 Å². The standard InChI is InChI=1S/C19H21NO5S/c1-13-8-10-15(26(4,22)23)12-16(13)20-18(21)11-9-14-6-5-7-17(24-2)19(14)25-3/h5-12H,1-4H3,(H,20,21)/b11-9+. The van der Waals surface area contributed by atoms with Crippen LogP contribution in [0, 0.1) is 6.92 Å². The summed E-state index contributed by atoms with van der Waals surface area (Å²) in [4.78, 5) is 12.4. The first-order chi connectivity index (χ1) is 12.3. The quantitative estimate of drug-likeness (QED) is 0.785. The fourth-order valence-corrected chi connectivity index (χ4v) is 3.00. The zero-order valence-corrected chi connectivity index (χ0v) is 15.9. The predicted molar refractivity (Wildman–Crippen MR) is 101 cm³/mol. The number of ether oxygens (including phenoxy) is 2. The van der Waals surface area contributed by atoms with Gasteiger partial charge in [-0.1, -0.05) is 18.2 Å². The Morgan fingerprint density at radius 1 is 1.12 bits per heavy atom. The Balaban J connectivity index is 2.24. The van der Waals surface area contributed by atoms with Crippen LogP contribution in [0.1, 0.15) is 11.1 Å². The fourth-order valence-electron chi connectivity index (χ4n) is 2.35. The van der Waals surface area contributed by atoms with E-state index in [1.165, 1.54) is 32.4 Å². The first kappa shape index (κ1) is 19.5. The molecule has 0 aliphatic rings. The highest BCUT2D eigenvalue weighted by atomic mass is 32.2. The molecule has 6 nitrogen and oxygen atoms in total. The van der Waals surface area contributed by atoms with Crippen molar-refractivity contribution in [1.82, 2.24) is 0 Å². The summed E-state index contributed by atoms with van der Waals surface area (Å²) in [5.41, 5.74) is 1.89. The van der Waals surface area contributed by atoms with Gasteiger partial charge in [-0.05, 0) is 36.8 Å². The van der Waals surface area contributed by atoms with Crippen LogP contribution >= 0.6 is 0 Å². The highest BCUT2D eigenvalue weighted by Crippen LogP contribution is 2.31. The van der Waals surface area contributed by atoms with E-state index in [9.17, 15) is 13.2 Å². The van der Waals surface area contributed by atoms with Crippen molar-refractivity contribution in [3.63, 3.8) is 0 Å². The maximum absolute atomic E-state index is 12.2.